The van der Waals surface area contributed by atoms with Gasteiger partial charge in [-0.1, -0.05) is 26.2 Å². The van der Waals surface area contributed by atoms with Crippen LogP contribution in [-0.4, -0.2) is 11.5 Å². The second-order valence-electron chi connectivity index (χ2n) is 5.29. The van der Waals surface area contributed by atoms with Crippen molar-refractivity contribution in [3.05, 3.63) is 17.8 Å². The van der Waals surface area contributed by atoms with E-state index >= 15 is 0 Å². The van der Waals surface area contributed by atoms with Gasteiger partial charge in [0.25, 0.3) is 0 Å². The largest absolute Gasteiger partial charge is 0.396 e. The molecule has 3 nitrogen and oxygen atoms in total. The lowest BCUT2D eigenvalue weighted by atomic mass is 9.80. The Hall–Kier alpha value is -1.25. The summed E-state index contributed by atoms with van der Waals surface area (Å²) in [7, 11) is 0. The molecule has 2 atom stereocenters. The molecule has 0 saturated heterocycles. The lowest BCUT2D eigenvalue weighted by molar-refractivity contribution is 0.268. The zero-order valence-electron chi connectivity index (χ0n) is 10.9. The van der Waals surface area contributed by atoms with E-state index in [1.165, 1.54) is 25.7 Å². The van der Waals surface area contributed by atoms with E-state index in [2.05, 4.69) is 17.2 Å². The Morgan fingerprint density at radius 1 is 1.35 bits per heavy atom. The molecule has 1 saturated carbocycles. The van der Waals surface area contributed by atoms with Gasteiger partial charge in [-0.05, 0) is 37.3 Å². The predicted octanol–water partition coefficient (Wildman–Crippen LogP) is 3.21. The quantitative estimate of drug-likeness (QED) is 0.843. The van der Waals surface area contributed by atoms with E-state index in [1.54, 1.807) is 0 Å². The van der Waals surface area contributed by atoms with Gasteiger partial charge in [0.05, 0.1) is 5.69 Å². The van der Waals surface area contributed by atoms with Crippen LogP contribution in [0.2, 0.25) is 0 Å². The molecule has 0 amide bonds. The molecule has 1 aromatic rings. The maximum Gasteiger partial charge on any atom is 0.149 e. The monoisotopic (exact) mass is 233 g/mol. The first kappa shape index (κ1) is 12.2. The van der Waals surface area contributed by atoms with Crippen LogP contribution in [0.5, 0.6) is 0 Å². The van der Waals surface area contributed by atoms with E-state index in [0.29, 0.717) is 0 Å². The number of anilines is 2. The second kappa shape index (κ2) is 5.39. The van der Waals surface area contributed by atoms with E-state index in [0.717, 1.165) is 35.6 Å². The van der Waals surface area contributed by atoms with Crippen molar-refractivity contribution in [1.29, 1.82) is 0 Å². The van der Waals surface area contributed by atoms with Gasteiger partial charge < -0.3 is 11.1 Å². The first-order valence-electron chi connectivity index (χ1n) is 6.64. The number of nitrogens with zero attached hydrogens (tertiary/aromatic N) is 1. The van der Waals surface area contributed by atoms with E-state index in [1.807, 2.05) is 19.1 Å². The van der Waals surface area contributed by atoms with Crippen LogP contribution in [0.25, 0.3) is 0 Å². The van der Waals surface area contributed by atoms with Gasteiger partial charge in [-0.15, -0.1) is 0 Å². The van der Waals surface area contributed by atoms with E-state index in [9.17, 15) is 0 Å². The van der Waals surface area contributed by atoms with Crippen molar-refractivity contribution in [2.45, 2.75) is 39.5 Å². The summed E-state index contributed by atoms with van der Waals surface area (Å²) in [6.45, 7) is 5.36. The minimum atomic E-state index is 0.749. The van der Waals surface area contributed by atoms with Crippen molar-refractivity contribution in [2.75, 3.05) is 17.6 Å². The Morgan fingerprint density at radius 2 is 2.12 bits per heavy atom. The molecule has 1 aliphatic rings. The van der Waals surface area contributed by atoms with Crippen molar-refractivity contribution in [3.8, 4) is 0 Å². The fraction of sp³-hybridized carbons (Fsp3) is 0.643. The number of pyridine rings is 1. The maximum atomic E-state index is 5.91. The lowest BCUT2D eigenvalue weighted by Crippen LogP contribution is -2.25. The van der Waals surface area contributed by atoms with Crippen LogP contribution < -0.4 is 11.1 Å². The Morgan fingerprint density at radius 3 is 2.88 bits per heavy atom. The van der Waals surface area contributed by atoms with E-state index in [-0.39, 0.29) is 0 Å². The molecule has 0 bridgehead atoms. The Bertz CT molecular complexity index is 376. The smallest absolute Gasteiger partial charge is 0.149 e. The Labute approximate surface area is 104 Å². The molecule has 0 aromatic carbocycles. The topological polar surface area (TPSA) is 50.9 Å². The average molecular weight is 233 g/mol. The minimum absolute atomic E-state index is 0.749. The van der Waals surface area contributed by atoms with Crippen LogP contribution >= 0.6 is 0 Å². The molecule has 1 fully saturated rings. The Kier molecular flexibility index (Phi) is 3.87. The third-order valence-corrected chi connectivity index (χ3v) is 3.89. The summed E-state index contributed by atoms with van der Waals surface area (Å²) >= 11 is 0. The van der Waals surface area contributed by atoms with E-state index < -0.39 is 0 Å². The zero-order valence-corrected chi connectivity index (χ0v) is 10.9. The van der Waals surface area contributed by atoms with Crippen LogP contribution in [0.1, 0.15) is 38.3 Å². The number of hydrogen-bond donors (Lipinski definition) is 2. The Balaban J connectivity index is 1.94. The van der Waals surface area contributed by atoms with Crippen LogP contribution in [0.4, 0.5) is 11.5 Å². The highest BCUT2D eigenvalue weighted by molar-refractivity contribution is 5.61. The number of aromatic nitrogens is 1. The van der Waals surface area contributed by atoms with Crippen molar-refractivity contribution in [3.63, 3.8) is 0 Å². The SMILES string of the molecule is Cc1ccc(N)c(NCC2CCCCC2C)n1. The molecule has 1 heterocycles. The van der Waals surface area contributed by atoms with Crippen molar-refractivity contribution < 1.29 is 0 Å². The predicted molar refractivity (Wildman–Crippen MR) is 73.0 cm³/mol. The highest BCUT2D eigenvalue weighted by Gasteiger charge is 2.21. The van der Waals surface area contributed by atoms with Gasteiger partial charge in [0.1, 0.15) is 5.82 Å². The molecule has 2 rings (SSSR count). The van der Waals surface area contributed by atoms with Crippen molar-refractivity contribution in [1.82, 2.24) is 4.98 Å². The second-order valence-corrected chi connectivity index (χ2v) is 5.29. The highest BCUT2D eigenvalue weighted by atomic mass is 15.0. The molecule has 0 spiro atoms. The zero-order chi connectivity index (χ0) is 12.3. The maximum absolute atomic E-state index is 5.91. The lowest BCUT2D eigenvalue weighted by Gasteiger charge is -2.29. The van der Waals surface area contributed by atoms with Crippen molar-refractivity contribution in [2.24, 2.45) is 11.8 Å². The first-order valence-corrected chi connectivity index (χ1v) is 6.64. The molecule has 17 heavy (non-hydrogen) atoms. The summed E-state index contributed by atoms with van der Waals surface area (Å²) in [5.74, 6) is 2.44. The molecule has 0 radical (unpaired) electrons. The van der Waals surface area contributed by atoms with Crippen LogP contribution in [0, 0.1) is 18.8 Å². The first-order chi connectivity index (χ1) is 8.16. The van der Waals surface area contributed by atoms with E-state index in [4.69, 9.17) is 5.73 Å². The van der Waals surface area contributed by atoms with Gasteiger partial charge in [-0.25, -0.2) is 4.98 Å². The highest BCUT2D eigenvalue weighted by Crippen LogP contribution is 2.30. The van der Waals surface area contributed by atoms with Gasteiger partial charge in [-0.3, -0.25) is 0 Å². The van der Waals surface area contributed by atoms with Crippen LogP contribution in [0.3, 0.4) is 0 Å². The van der Waals surface area contributed by atoms with Gasteiger partial charge in [0.15, 0.2) is 0 Å². The molecule has 2 unspecified atom stereocenters. The standard InChI is InChI=1S/C14H23N3/c1-10-5-3-4-6-12(10)9-16-14-13(15)8-7-11(2)17-14/h7-8,10,12H,3-6,9,15H2,1-2H3,(H,16,17). The number of rotatable bonds is 3. The molecule has 3 heteroatoms. The van der Waals surface area contributed by atoms with Crippen LogP contribution in [-0.2, 0) is 0 Å². The average Bonchev–Trinajstić information content (AvgIpc) is 2.32. The molecular weight excluding hydrogens is 210 g/mol. The minimum Gasteiger partial charge on any atom is -0.396 e. The molecule has 1 aliphatic carbocycles. The molecular formula is C14H23N3. The number of nitrogens with two attached hydrogens (primary N) is 1. The fourth-order valence-corrected chi connectivity index (χ4v) is 2.63. The number of nitrogens with one attached hydrogen (secondary N) is 1. The number of aryl methyl sites for hydroxylation is 1. The summed E-state index contributed by atoms with van der Waals surface area (Å²) in [5.41, 5.74) is 7.68. The fourth-order valence-electron chi connectivity index (χ4n) is 2.63. The molecule has 94 valence electrons. The number of hydrogen-bond acceptors (Lipinski definition) is 3. The molecule has 3 N–H and O–H groups in total. The van der Waals surface area contributed by atoms with Crippen molar-refractivity contribution >= 4 is 11.5 Å². The normalized spacial score (nSPS) is 24.6. The molecule has 1 aromatic heterocycles. The number of nitrogen functional groups attached to an aromatic ring is 1. The van der Waals surface area contributed by atoms with Gasteiger partial charge in [0, 0.05) is 12.2 Å². The summed E-state index contributed by atoms with van der Waals surface area (Å²) in [6, 6.07) is 3.87. The molecule has 0 aliphatic heterocycles. The third-order valence-electron chi connectivity index (χ3n) is 3.89. The third kappa shape index (κ3) is 3.11. The van der Waals surface area contributed by atoms with Gasteiger partial charge in [-0.2, -0.15) is 0 Å². The van der Waals surface area contributed by atoms with Gasteiger partial charge >= 0.3 is 0 Å². The summed E-state index contributed by atoms with van der Waals surface area (Å²) < 4.78 is 0. The summed E-state index contributed by atoms with van der Waals surface area (Å²) in [6.07, 6.45) is 5.46. The summed E-state index contributed by atoms with van der Waals surface area (Å²) in [4.78, 5) is 4.45. The van der Waals surface area contributed by atoms with Gasteiger partial charge in [0.2, 0.25) is 0 Å². The van der Waals surface area contributed by atoms with Crippen LogP contribution in [0.15, 0.2) is 12.1 Å². The summed E-state index contributed by atoms with van der Waals surface area (Å²) in [5, 5.41) is 3.42.